The standard InChI is InChI=1S/C10H21NO3Si/c1-10(2,3)15(4,5)14-7-8-6-13-9(12)11-8/h8H,6-7H2,1-5H3,(H,11,12)/t8-/m1/s1. The number of amides is 1. The Balaban J connectivity index is 2.40. The van der Waals surface area contributed by atoms with Gasteiger partial charge in [-0.25, -0.2) is 4.79 Å². The molecule has 4 nitrogen and oxygen atoms in total. The molecule has 0 unspecified atom stereocenters. The van der Waals surface area contributed by atoms with Crippen molar-refractivity contribution in [2.75, 3.05) is 13.2 Å². The van der Waals surface area contributed by atoms with Gasteiger partial charge < -0.3 is 14.5 Å². The highest BCUT2D eigenvalue weighted by Crippen LogP contribution is 2.36. The Bertz CT molecular complexity index is 248. The molecule has 0 aromatic rings. The van der Waals surface area contributed by atoms with Crippen molar-refractivity contribution in [2.45, 2.75) is 44.9 Å². The van der Waals surface area contributed by atoms with Crippen LogP contribution in [0.5, 0.6) is 0 Å². The maximum Gasteiger partial charge on any atom is 0.407 e. The summed E-state index contributed by atoms with van der Waals surface area (Å²) in [5.74, 6) is 0. The third-order valence-corrected chi connectivity index (χ3v) is 7.69. The largest absolute Gasteiger partial charge is 0.447 e. The van der Waals surface area contributed by atoms with Crippen LogP contribution in [0, 0.1) is 0 Å². The molecule has 1 fully saturated rings. The quantitative estimate of drug-likeness (QED) is 0.757. The predicted molar refractivity (Wildman–Crippen MR) is 61.4 cm³/mol. The highest BCUT2D eigenvalue weighted by atomic mass is 28.4. The molecule has 0 radical (unpaired) electrons. The Morgan fingerprint density at radius 3 is 2.53 bits per heavy atom. The number of rotatable bonds is 3. The molecule has 0 aromatic heterocycles. The maximum absolute atomic E-state index is 10.8. The molecule has 1 aliphatic heterocycles. The van der Waals surface area contributed by atoms with Gasteiger partial charge in [0.05, 0.1) is 12.6 Å². The highest BCUT2D eigenvalue weighted by molar-refractivity contribution is 6.74. The molecule has 1 rings (SSSR count). The molecule has 15 heavy (non-hydrogen) atoms. The lowest BCUT2D eigenvalue weighted by Crippen LogP contribution is -2.44. The van der Waals surface area contributed by atoms with E-state index >= 15 is 0 Å². The van der Waals surface area contributed by atoms with E-state index in [2.05, 4.69) is 39.2 Å². The predicted octanol–water partition coefficient (Wildman–Crippen LogP) is 2.12. The first-order valence-electron chi connectivity index (χ1n) is 5.29. The third-order valence-electron chi connectivity index (χ3n) is 3.19. The van der Waals surface area contributed by atoms with Crippen LogP contribution in [-0.4, -0.2) is 33.7 Å². The Morgan fingerprint density at radius 1 is 1.53 bits per heavy atom. The van der Waals surface area contributed by atoms with Crippen molar-refractivity contribution in [2.24, 2.45) is 0 Å². The van der Waals surface area contributed by atoms with Gasteiger partial charge in [-0.05, 0) is 18.1 Å². The third kappa shape index (κ3) is 3.20. The fourth-order valence-electron chi connectivity index (χ4n) is 1.04. The molecule has 0 aromatic carbocycles. The average molecular weight is 231 g/mol. The summed E-state index contributed by atoms with van der Waals surface area (Å²) in [7, 11) is -1.70. The van der Waals surface area contributed by atoms with Crippen molar-refractivity contribution in [1.82, 2.24) is 5.32 Å². The maximum atomic E-state index is 10.8. The number of cyclic esters (lactones) is 1. The highest BCUT2D eigenvalue weighted by Gasteiger charge is 2.38. The second-order valence-corrected chi connectivity index (χ2v) is 10.3. The SMILES string of the molecule is CC(C)(C)[Si](C)(C)OC[C@H]1COC(=O)N1. The van der Waals surface area contributed by atoms with Crippen LogP contribution in [0.4, 0.5) is 4.79 Å². The Hall–Kier alpha value is -0.553. The van der Waals surface area contributed by atoms with Crippen LogP contribution in [0.1, 0.15) is 20.8 Å². The first-order valence-corrected chi connectivity index (χ1v) is 8.20. The zero-order valence-corrected chi connectivity index (χ0v) is 11.2. The fraction of sp³-hybridized carbons (Fsp3) is 0.900. The van der Waals surface area contributed by atoms with E-state index in [9.17, 15) is 4.79 Å². The van der Waals surface area contributed by atoms with Gasteiger partial charge in [-0.2, -0.15) is 0 Å². The van der Waals surface area contributed by atoms with Gasteiger partial charge in [0.1, 0.15) is 6.61 Å². The molecule has 0 spiro atoms. The van der Waals surface area contributed by atoms with Gasteiger partial charge in [-0.15, -0.1) is 0 Å². The lowest BCUT2D eigenvalue weighted by Gasteiger charge is -2.36. The molecular weight excluding hydrogens is 210 g/mol. The molecule has 5 heteroatoms. The normalized spacial score (nSPS) is 22.5. The van der Waals surface area contributed by atoms with Crippen LogP contribution >= 0.6 is 0 Å². The number of carbonyl (C=O) groups is 1. The second-order valence-electron chi connectivity index (χ2n) is 5.51. The molecule has 0 aliphatic carbocycles. The van der Waals surface area contributed by atoms with Gasteiger partial charge in [0.25, 0.3) is 0 Å². The summed E-state index contributed by atoms with van der Waals surface area (Å²) in [6.45, 7) is 12.0. The van der Waals surface area contributed by atoms with Crippen molar-refractivity contribution < 1.29 is 14.0 Å². The van der Waals surface area contributed by atoms with E-state index in [1.54, 1.807) is 0 Å². The van der Waals surface area contributed by atoms with Crippen LogP contribution in [0.2, 0.25) is 18.1 Å². The van der Waals surface area contributed by atoms with Crippen LogP contribution in [0.3, 0.4) is 0 Å². The average Bonchev–Trinajstić information content (AvgIpc) is 2.46. The van der Waals surface area contributed by atoms with Crippen LogP contribution in [0.15, 0.2) is 0 Å². The van der Waals surface area contributed by atoms with E-state index < -0.39 is 8.32 Å². The molecule has 0 saturated carbocycles. The minimum Gasteiger partial charge on any atom is -0.447 e. The van der Waals surface area contributed by atoms with E-state index in [1.807, 2.05) is 0 Å². The molecule has 88 valence electrons. The van der Waals surface area contributed by atoms with Crippen molar-refractivity contribution in [1.29, 1.82) is 0 Å². The summed E-state index contributed by atoms with van der Waals surface area (Å²) in [4.78, 5) is 10.8. The number of nitrogens with one attached hydrogen (secondary N) is 1. The first-order chi connectivity index (χ1) is 6.72. The summed E-state index contributed by atoms with van der Waals surface area (Å²) >= 11 is 0. The number of hydrogen-bond acceptors (Lipinski definition) is 3. The molecular formula is C10H21NO3Si. The van der Waals surface area contributed by atoms with Crippen LogP contribution in [0.25, 0.3) is 0 Å². The lowest BCUT2D eigenvalue weighted by molar-refractivity contribution is 0.173. The number of carbonyl (C=O) groups excluding carboxylic acids is 1. The Morgan fingerprint density at radius 2 is 2.13 bits per heavy atom. The van der Waals surface area contributed by atoms with Gasteiger partial charge in [0.2, 0.25) is 0 Å². The van der Waals surface area contributed by atoms with Gasteiger partial charge >= 0.3 is 6.09 Å². The smallest absolute Gasteiger partial charge is 0.407 e. The minimum absolute atomic E-state index is 0.0200. The number of ether oxygens (including phenoxy) is 1. The van der Waals surface area contributed by atoms with E-state index in [4.69, 9.17) is 9.16 Å². The van der Waals surface area contributed by atoms with Crippen molar-refractivity contribution in [3.05, 3.63) is 0 Å². The van der Waals surface area contributed by atoms with Gasteiger partial charge in [0.15, 0.2) is 8.32 Å². The van der Waals surface area contributed by atoms with Gasteiger partial charge in [-0.1, -0.05) is 20.8 Å². The molecule has 1 saturated heterocycles. The molecule has 1 atom stereocenters. The van der Waals surface area contributed by atoms with Crippen LogP contribution in [-0.2, 0) is 9.16 Å². The summed E-state index contributed by atoms with van der Waals surface area (Å²) < 4.78 is 10.8. The van der Waals surface area contributed by atoms with Gasteiger partial charge in [0, 0.05) is 0 Å². The van der Waals surface area contributed by atoms with Crippen LogP contribution < -0.4 is 5.32 Å². The fourth-order valence-corrected chi connectivity index (χ4v) is 2.09. The summed E-state index contributed by atoms with van der Waals surface area (Å²) in [6.07, 6.45) is -0.334. The topological polar surface area (TPSA) is 47.6 Å². The van der Waals surface area contributed by atoms with E-state index in [0.717, 1.165) is 0 Å². The van der Waals surface area contributed by atoms with E-state index in [-0.39, 0.29) is 17.2 Å². The zero-order valence-electron chi connectivity index (χ0n) is 10.2. The van der Waals surface area contributed by atoms with Gasteiger partial charge in [-0.3, -0.25) is 0 Å². The zero-order chi connectivity index (χ0) is 11.7. The first kappa shape index (κ1) is 12.5. The molecule has 0 bridgehead atoms. The number of hydrogen-bond donors (Lipinski definition) is 1. The summed E-state index contributed by atoms with van der Waals surface area (Å²) in [6, 6.07) is 0.0200. The molecule has 1 N–H and O–H groups in total. The Kier molecular flexibility index (Phi) is 3.45. The van der Waals surface area contributed by atoms with E-state index in [1.165, 1.54) is 0 Å². The minimum atomic E-state index is -1.70. The van der Waals surface area contributed by atoms with Crippen molar-refractivity contribution in [3.63, 3.8) is 0 Å². The van der Waals surface area contributed by atoms with Crippen molar-refractivity contribution in [3.8, 4) is 0 Å². The molecule has 1 heterocycles. The lowest BCUT2D eigenvalue weighted by atomic mass is 10.2. The van der Waals surface area contributed by atoms with Crippen molar-refractivity contribution >= 4 is 14.4 Å². The van der Waals surface area contributed by atoms with E-state index in [0.29, 0.717) is 13.2 Å². The number of alkyl carbamates (subject to hydrolysis) is 1. The summed E-state index contributed by atoms with van der Waals surface area (Å²) in [5.41, 5.74) is 0. The molecule has 1 amide bonds. The summed E-state index contributed by atoms with van der Waals surface area (Å²) in [5, 5.41) is 2.92. The monoisotopic (exact) mass is 231 g/mol. The second kappa shape index (κ2) is 4.13. The Labute approximate surface area is 92.5 Å². The molecule has 1 aliphatic rings.